The number of aryl methyl sites for hydroxylation is 1. The zero-order valence-corrected chi connectivity index (χ0v) is 19.9. The first-order chi connectivity index (χ1) is 16.9. The van der Waals surface area contributed by atoms with Crippen LogP contribution in [-0.2, 0) is 15.0 Å². The highest BCUT2D eigenvalue weighted by Gasteiger charge is 2.70. The summed E-state index contributed by atoms with van der Waals surface area (Å²) in [7, 11) is 0. The number of para-hydroxylation sites is 1. The minimum atomic E-state index is -1.23. The summed E-state index contributed by atoms with van der Waals surface area (Å²) in [4.78, 5) is 43.8. The number of ketones is 2. The molecule has 3 aliphatic rings. The molecule has 1 amide bonds. The van der Waals surface area contributed by atoms with Gasteiger partial charge in [0.15, 0.2) is 11.6 Å². The van der Waals surface area contributed by atoms with Crippen molar-refractivity contribution in [1.29, 1.82) is 0 Å². The minimum absolute atomic E-state index is 0.127. The lowest BCUT2D eigenvalue weighted by Crippen LogP contribution is -2.51. The van der Waals surface area contributed by atoms with Crippen molar-refractivity contribution >= 4 is 34.4 Å². The zero-order chi connectivity index (χ0) is 24.5. The molecule has 4 atom stereocenters. The maximum atomic E-state index is 14.3. The van der Waals surface area contributed by atoms with Crippen molar-refractivity contribution in [2.75, 3.05) is 10.2 Å². The van der Waals surface area contributed by atoms with E-state index >= 15 is 0 Å². The lowest BCUT2D eigenvalue weighted by atomic mass is 9.64. The Morgan fingerprint density at radius 3 is 2.40 bits per heavy atom. The first kappa shape index (κ1) is 21.5. The maximum absolute atomic E-state index is 14.3. The molecule has 0 unspecified atom stereocenters. The number of amides is 1. The third-order valence-electron chi connectivity index (χ3n) is 7.89. The van der Waals surface area contributed by atoms with Crippen LogP contribution in [0.2, 0.25) is 0 Å². The number of Topliss-reactive ketones (excluding diaryl/α,β-unsaturated/α-hetero) is 2. The molecule has 5 nitrogen and oxygen atoms in total. The molecule has 35 heavy (non-hydrogen) atoms. The van der Waals surface area contributed by atoms with E-state index in [-0.39, 0.29) is 17.5 Å². The molecule has 1 N–H and O–H groups in total. The van der Waals surface area contributed by atoms with Crippen molar-refractivity contribution in [3.63, 3.8) is 0 Å². The van der Waals surface area contributed by atoms with E-state index in [1.807, 2.05) is 73.3 Å². The van der Waals surface area contributed by atoms with Crippen LogP contribution in [0.25, 0.3) is 5.57 Å². The van der Waals surface area contributed by atoms with Gasteiger partial charge in [0.25, 0.3) is 0 Å². The molecule has 3 aromatic carbocycles. The van der Waals surface area contributed by atoms with Crippen molar-refractivity contribution in [3.05, 3.63) is 101 Å². The summed E-state index contributed by atoms with van der Waals surface area (Å²) in [5.74, 6) is -1.43. The average Bonchev–Trinajstić information content (AvgIpc) is 3.32. The summed E-state index contributed by atoms with van der Waals surface area (Å²) < 4.78 is 0. The molecule has 0 aliphatic carbocycles. The van der Waals surface area contributed by atoms with Crippen LogP contribution < -0.4 is 10.2 Å². The van der Waals surface area contributed by atoms with Gasteiger partial charge in [-0.3, -0.25) is 14.4 Å². The second-order valence-electron chi connectivity index (χ2n) is 9.85. The summed E-state index contributed by atoms with van der Waals surface area (Å²) >= 11 is 0. The first-order valence-electron chi connectivity index (χ1n) is 11.9. The van der Waals surface area contributed by atoms with Crippen LogP contribution in [-0.4, -0.2) is 29.6 Å². The van der Waals surface area contributed by atoms with E-state index in [0.29, 0.717) is 11.3 Å². The van der Waals surface area contributed by atoms with Crippen LogP contribution in [0.3, 0.4) is 0 Å². The molecular weight excluding hydrogens is 436 g/mol. The smallest absolute Gasteiger partial charge is 0.238 e. The molecule has 3 aliphatic heterocycles. The van der Waals surface area contributed by atoms with Crippen LogP contribution in [0.1, 0.15) is 40.9 Å². The molecule has 1 fully saturated rings. The number of nitrogens with zero attached hydrogens (tertiary/aromatic N) is 1. The van der Waals surface area contributed by atoms with Crippen LogP contribution >= 0.6 is 0 Å². The minimum Gasteiger partial charge on any atom is -0.352 e. The Bertz CT molecular complexity index is 1440. The lowest BCUT2D eigenvalue weighted by molar-refractivity contribution is -0.122. The number of rotatable bonds is 3. The summed E-state index contributed by atoms with van der Waals surface area (Å²) in [5.41, 5.74) is 4.82. The Balaban J connectivity index is 1.69. The average molecular weight is 463 g/mol. The number of benzene rings is 3. The molecular formula is C30H26N2O3. The highest BCUT2D eigenvalue weighted by molar-refractivity contribution is 6.16. The summed E-state index contributed by atoms with van der Waals surface area (Å²) in [6.07, 6.45) is 2.08. The molecule has 3 heterocycles. The number of hydrogen-bond acceptors (Lipinski definition) is 4. The van der Waals surface area contributed by atoms with E-state index < -0.39 is 23.4 Å². The fourth-order valence-corrected chi connectivity index (χ4v) is 6.48. The lowest BCUT2D eigenvalue weighted by Gasteiger charge is -2.39. The molecule has 174 valence electrons. The van der Waals surface area contributed by atoms with Crippen LogP contribution in [0.15, 0.2) is 78.9 Å². The van der Waals surface area contributed by atoms with Gasteiger partial charge in [-0.15, -0.1) is 0 Å². The SMILES string of the molecule is CC(=O)[C@@H]1[C@@H](C(=O)c2ccccc2)[C@]2(C(=O)Nc3ccccc32)[C@H]2C=C(C)c3cc(C)ccc3N12. The number of nitrogens with one attached hydrogen (secondary N) is 1. The Kier molecular flexibility index (Phi) is 4.62. The highest BCUT2D eigenvalue weighted by atomic mass is 16.2. The summed E-state index contributed by atoms with van der Waals surface area (Å²) in [6, 6.07) is 21.5. The Morgan fingerprint density at radius 2 is 1.66 bits per heavy atom. The summed E-state index contributed by atoms with van der Waals surface area (Å²) in [6.45, 7) is 5.61. The second-order valence-corrected chi connectivity index (χ2v) is 9.85. The largest absolute Gasteiger partial charge is 0.352 e. The van der Waals surface area contributed by atoms with Gasteiger partial charge in [-0.2, -0.15) is 0 Å². The van der Waals surface area contributed by atoms with Gasteiger partial charge >= 0.3 is 0 Å². The van der Waals surface area contributed by atoms with E-state index in [4.69, 9.17) is 0 Å². The first-order valence-corrected chi connectivity index (χ1v) is 11.9. The fraction of sp³-hybridized carbons (Fsp3) is 0.233. The second kappa shape index (κ2) is 7.51. The quantitative estimate of drug-likeness (QED) is 0.560. The van der Waals surface area contributed by atoms with E-state index in [2.05, 4.69) is 17.5 Å². The molecule has 5 heteroatoms. The molecule has 0 saturated carbocycles. The molecule has 0 aromatic heterocycles. The van der Waals surface area contributed by atoms with Gasteiger partial charge in [-0.1, -0.05) is 66.2 Å². The predicted octanol–water partition coefficient (Wildman–Crippen LogP) is 4.95. The van der Waals surface area contributed by atoms with E-state index in [0.717, 1.165) is 28.0 Å². The topological polar surface area (TPSA) is 66.5 Å². The van der Waals surface area contributed by atoms with E-state index in [1.165, 1.54) is 6.92 Å². The highest BCUT2D eigenvalue weighted by Crippen LogP contribution is 2.58. The number of carbonyl (C=O) groups is 3. The molecule has 0 bridgehead atoms. The zero-order valence-electron chi connectivity index (χ0n) is 19.9. The standard InChI is InChI=1S/C30H26N2O3/c1-17-13-14-24-21(15-17)18(2)16-25-30(22-11-7-8-12-23(22)31-29(30)35)26(27(19(3)33)32(24)25)28(34)20-9-5-4-6-10-20/h4-16,25-27H,1-3H3,(H,31,35)/t25-,26+,27-,30-/m1/s1. The third-order valence-corrected chi connectivity index (χ3v) is 7.89. The monoisotopic (exact) mass is 462 g/mol. The van der Waals surface area contributed by atoms with Crippen molar-refractivity contribution in [2.24, 2.45) is 5.92 Å². The van der Waals surface area contributed by atoms with Crippen molar-refractivity contribution in [3.8, 4) is 0 Å². The predicted molar refractivity (Wildman–Crippen MR) is 137 cm³/mol. The van der Waals surface area contributed by atoms with Crippen LogP contribution in [0, 0.1) is 12.8 Å². The van der Waals surface area contributed by atoms with Gasteiger partial charge in [-0.05, 0) is 50.1 Å². The molecule has 3 aromatic rings. The molecule has 1 spiro atoms. The third kappa shape index (κ3) is 2.78. The maximum Gasteiger partial charge on any atom is 0.238 e. The number of anilines is 2. The Hall–Kier alpha value is -3.99. The van der Waals surface area contributed by atoms with E-state index in [9.17, 15) is 14.4 Å². The fourth-order valence-electron chi connectivity index (χ4n) is 6.48. The van der Waals surface area contributed by atoms with Crippen LogP contribution in [0.4, 0.5) is 11.4 Å². The summed E-state index contributed by atoms with van der Waals surface area (Å²) in [5, 5.41) is 3.05. The van der Waals surface area contributed by atoms with Crippen molar-refractivity contribution in [1.82, 2.24) is 0 Å². The van der Waals surface area contributed by atoms with Gasteiger partial charge in [0, 0.05) is 22.5 Å². The number of fused-ring (bicyclic) bond motifs is 6. The molecule has 6 rings (SSSR count). The normalized spacial score (nSPS) is 26.0. The Labute approximate surface area is 204 Å². The van der Waals surface area contributed by atoms with Crippen LogP contribution in [0.5, 0.6) is 0 Å². The molecule has 1 saturated heterocycles. The van der Waals surface area contributed by atoms with Gasteiger partial charge in [0.2, 0.25) is 5.91 Å². The molecule has 0 radical (unpaired) electrons. The van der Waals surface area contributed by atoms with Gasteiger partial charge in [0.1, 0.15) is 5.41 Å². The van der Waals surface area contributed by atoms with Gasteiger partial charge in [0.05, 0.1) is 18.0 Å². The van der Waals surface area contributed by atoms with Crippen molar-refractivity contribution in [2.45, 2.75) is 38.3 Å². The van der Waals surface area contributed by atoms with E-state index in [1.54, 1.807) is 12.1 Å². The number of hydrogen-bond donors (Lipinski definition) is 1. The van der Waals surface area contributed by atoms with Gasteiger partial charge < -0.3 is 10.2 Å². The Morgan fingerprint density at radius 1 is 0.943 bits per heavy atom. The number of carbonyl (C=O) groups excluding carboxylic acids is 3. The van der Waals surface area contributed by atoms with Gasteiger partial charge in [-0.25, -0.2) is 0 Å². The number of allylic oxidation sites excluding steroid dienone is 1. The van der Waals surface area contributed by atoms with Crippen molar-refractivity contribution < 1.29 is 14.4 Å².